The first-order valence-corrected chi connectivity index (χ1v) is 15.3. The van der Waals surface area contributed by atoms with Crippen LogP contribution in [-0.2, 0) is 14.3 Å². The fourth-order valence-electron chi connectivity index (χ4n) is 6.42. The summed E-state index contributed by atoms with van der Waals surface area (Å²) in [6.45, 7) is 4.31. The minimum atomic E-state index is -5.15. The van der Waals surface area contributed by atoms with E-state index in [1.54, 1.807) is 36.0 Å². The van der Waals surface area contributed by atoms with Crippen LogP contribution in [0, 0.1) is 12.8 Å². The van der Waals surface area contributed by atoms with E-state index in [0.29, 0.717) is 65.1 Å². The summed E-state index contributed by atoms with van der Waals surface area (Å²) in [5.74, 6) is -3.99. The first-order valence-electron chi connectivity index (χ1n) is 14.5. The van der Waals surface area contributed by atoms with Gasteiger partial charge in [-0.25, -0.2) is 28.6 Å². The van der Waals surface area contributed by atoms with Crippen LogP contribution in [0.4, 0.5) is 23.4 Å². The number of hydrogen-bond acceptors (Lipinski definition) is 8. The fraction of sp³-hybridized carbons (Fsp3) is 0.552. The SMILES string of the molecule is Cc1nn([C@H](C)c2ccc(Cl)cc2Cl)c2nc(N3CCC(N4CCCC4CC(F)C(=O)O)C(COC(=O)C(F)(F)F)C3)cnc12. The number of piperidine rings is 1. The first-order chi connectivity index (χ1) is 21.2. The van der Waals surface area contributed by atoms with E-state index in [-0.39, 0.29) is 25.0 Å². The summed E-state index contributed by atoms with van der Waals surface area (Å²) in [4.78, 5) is 36.1. The zero-order valence-corrected chi connectivity index (χ0v) is 26.0. The number of aryl methyl sites for hydroxylation is 1. The largest absolute Gasteiger partial charge is 0.490 e. The van der Waals surface area contributed by atoms with Crippen molar-refractivity contribution in [2.24, 2.45) is 5.92 Å². The number of fused-ring (bicyclic) bond motifs is 1. The molecular weight excluding hydrogens is 643 g/mol. The first kappa shape index (κ1) is 33.1. The number of hydrogen-bond donors (Lipinski definition) is 1. The summed E-state index contributed by atoms with van der Waals surface area (Å²) < 4.78 is 59.6. The molecule has 5 atom stereocenters. The van der Waals surface area contributed by atoms with Crippen molar-refractivity contribution < 1.29 is 37.0 Å². The highest BCUT2D eigenvalue weighted by Crippen LogP contribution is 2.35. The molecule has 10 nitrogen and oxygen atoms in total. The molecule has 1 aromatic carbocycles. The summed E-state index contributed by atoms with van der Waals surface area (Å²) in [5, 5.41) is 14.7. The quantitative estimate of drug-likeness (QED) is 0.228. The number of rotatable bonds is 9. The average Bonchev–Trinajstić information content (AvgIpc) is 3.58. The molecule has 0 aliphatic carbocycles. The number of aromatic nitrogens is 4. The highest BCUT2D eigenvalue weighted by molar-refractivity contribution is 6.35. The summed E-state index contributed by atoms with van der Waals surface area (Å²) in [6, 6.07) is 4.06. The van der Waals surface area contributed by atoms with Crippen LogP contribution >= 0.6 is 23.2 Å². The molecular formula is C29H32Cl2F4N6O4. The Morgan fingerprint density at radius 2 is 1.96 bits per heavy atom. The van der Waals surface area contributed by atoms with Gasteiger partial charge < -0.3 is 14.7 Å². The molecule has 0 amide bonds. The smallest absolute Gasteiger partial charge is 0.479 e. The summed E-state index contributed by atoms with van der Waals surface area (Å²) in [5.41, 5.74) is 2.46. The fourth-order valence-corrected chi connectivity index (χ4v) is 6.98. The number of halogens is 6. The molecule has 0 saturated carbocycles. The van der Waals surface area contributed by atoms with E-state index in [0.717, 1.165) is 5.56 Å². The van der Waals surface area contributed by atoms with Gasteiger partial charge in [0.05, 0.1) is 24.5 Å². The Morgan fingerprint density at radius 3 is 2.64 bits per heavy atom. The average molecular weight is 676 g/mol. The molecule has 5 rings (SSSR count). The highest BCUT2D eigenvalue weighted by atomic mass is 35.5. The highest BCUT2D eigenvalue weighted by Gasteiger charge is 2.44. The number of carbonyl (C=O) groups excluding carboxylic acids is 1. The maximum atomic E-state index is 14.2. The number of ether oxygens (including phenoxy) is 1. The molecule has 2 aliphatic rings. The molecule has 0 radical (unpaired) electrons. The van der Waals surface area contributed by atoms with Gasteiger partial charge in [0.1, 0.15) is 11.3 Å². The van der Waals surface area contributed by atoms with Gasteiger partial charge in [-0.15, -0.1) is 0 Å². The van der Waals surface area contributed by atoms with Crippen molar-refractivity contribution in [1.82, 2.24) is 24.6 Å². The van der Waals surface area contributed by atoms with Crippen molar-refractivity contribution in [3.63, 3.8) is 0 Å². The summed E-state index contributed by atoms with van der Waals surface area (Å²) in [7, 11) is 0. The molecule has 2 saturated heterocycles. The second kappa shape index (κ2) is 13.2. The lowest BCUT2D eigenvalue weighted by molar-refractivity contribution is -0.201. The number of alkyl halides is 4. The van der Waals surface area contributed by atoms with Crippen molar-refractivity contribution >= 4 is 52.1 Å². The van der Waals surface area contributed by atoms with E-state index in [2.05, 4.69) is 10.1 Å². The molecule has 2 fully saturated rings. The van der Waals surface area contributed by atoms with Crippen LogP contribution in [0.1, 0.15) is 49.9 Å². The zero-order valence-electron chi connectivity index (χ0n) is 24.5. The molecule has 4 heterocycles. The molecule has 3 aromatic rings. The van der Waals surface area contributed by atoms with Crippen molar-refractivity contribution in [2.75, 3.05) is 31.1 Å². The van der Waals surface area contributed by atoms with Crippen LogP contribution in [0.5, 0.6) is 0 Å². The second-order valence-corrected chi connectivity index (χ2v) is 12.3. The van der Waals surface area contributed by atoms with E-state index in [9.17, 15) is 27.2 Å². The Kier molecular flexibility index (Phi) is 9.76. The maximum Gasteiger partial charge on any atom is 0.490 e. The van der Waals surface area contributed by atoms with Crippen LogP contribution in [-0.4, -0.2) is 92.4 Å². The van der Waals surface area contributed by atoms with Crippen LogP contribution in [0.15, 0.2) is 24.4 Å². The summed E-state index contributed by atoms with van der Waals surface area (Å²) >= 11 is 12.6. The predicted octanol–water partition coefficient (Wildman–Crippen LogP) is 5.63. The number of anilines is 1. The minimum absolute atomic E-state index is 0.170. The Morgan fingerprint density at radius 1 is 1.20 bits per heavy atom. The van der Waals surface area contributed by atoms with Crippen LogP contribution in [0.3, 0.4) is 0 Å². The number of carboxylic acids is 1. The Hall–Kier alpha value is -3.23. The third kappa shape index (κ3) is 7.12. The maximum absolute atomic E-state index is 14.2. The molecule has 1 N–H and O–H groups in total. The van der Waals surface area contributed by atoms with Gasteiger partial charge in [0, 0.05) is 47.6 Å². The van der Waals surface area contributed by atoms with Crippen molar-refractivity contribution in [1.29, 1.82) is 0 Å². The van der Waals surface area contributed by atoms with Crippen molar-refractivity contribution in [3.8, 4) is 0 Å². The Balaban J connectivity index is 1.42. The third-order valence-corrected chi connectivity index (χ3v) is 9.17. The number of carboxylic acid groups (broad SMARTS) is 1. The van der Waals surface area contributed by atoms with E-state index in [4.69, 9.17) is 38.0 Å². The lowest BCUT2D eigenvalue weighted by atomic mass is 9.90. The van der Waals surface area contributed by atoms with Crippen LogP contribution in [0.25, 0.3) is 11.2 Å². The van der Waals surface area contributed by atoms with Gasteiger partial charge in [-0.3, -0.25) is 4.90 Å². The Labute approximate surface area is 266 Å². The lowest BCUT2D eigenvalue weighted by Gasteiger charge is -2.44. The number of carbonyl (C=O) groups is 2. The minimum Gasteiger partial charge on any atom is -0.479 e. The number of aliphatic carboxylic acids is 1. The van der Waals surface area contributed by atoms with E-state index >= 15 is 0 Å². The van der Waals surface area contributed by atoms with Gasteiger partial charge >= 0.3 is 18.1 Å². The molecule has 45 heavy (non-hydrogen) atoms. The van der Waals surface area contributed by atoms with Gasteiger partial charge in [-0.05, 0) is 57.4 Å². The molecule has 0 spiro atoms. The third-order valence-electron chi connectivity index (χ3n) is 8.61. The number of nitrogens with zero attached hydrogens (tertiary/aromatic N) is 6. The van der Waals surface area contributed by atoms with Gasteiger partial charge in [0.2, 0.25) is 0 Å². The van der Waals surface area contributed by atoms with Crippen molar-refractivity contribution in [2.45, 2.75) is 70.0 Å². The van der Waals surface area contributed by atoms with E-state index in [1.807, 2.05) is 16.7 Å². The van der Waals surface area contributed by atoms with E-state index in [1.165, 1.54) is 0 Å². The normalized spacial score (nSPS) is 22.5. The zero-order chi connectivity index (χ0) is 32.6. The van der Waals surface area contributed by atoms with Gasteiger partial charge in [-0.2, -0.15) is 18.3 Å². The van der Waals surface area contributed by atoms with Gasteiger partial charge in [0.15, 0.2) is 11.8 Å². The molecule has 16 heteroatoms. The second-order valence-electron chi connectivity index (χ2n) is 11.5. The topological polar surface area (TPSA) is 114 Å². The number of esters is 1. The Bertz CT molecular complexity index is 1570. The predicted molar refractivity (Wildman–Crippen MR) is 158 cm³/mol. The standard InChI is InChI=1S/C29H32Cl2F4N6O4/c1-15-25-26(41(38-15)16(2)20-6-5-18(30)10-21(20)31)37-24(12-36-25)39-9-7-23(17(13-39)14-45-28(44)29(33,34)35)40-8-3-4-19(40)11-22(32)27(42)43/h5-6,10,12,16-17,19,22-23H,3-4,7-9,11,13-14H2,1-2H3,(H,42,43)/t16-,17?,19?,22?,23?/m1/s1. The van der Waals surface area contributed by atoms with Crippen molar-refractivity contribution in [3.05, 3.63) is 45.7 Å². The molecule has 244 valence electrons. The molecule has 4 unspecified atom stereocenters. The molecule has 2 aliphatic heterocycles. The molecule has 2 aromatic heterocycles. The van der Waals surface area contributed by atoms with Crippen LogP contribution < -0.4 is 4.90 Å². The number of benzene rings is 1. The lowest BCUT2D eigenvalue weighted by Crippen LogP contribution is -2.54. The molecule has 0 bridgehead atoms. The summed E-state index contributed by atoms with van der Waals surface area (Å²) in [6.07, 6.45) is -4.19. The van der Waals surface area contributed by atoms with Gasteiger partial charge in [0.25, 0.3) is 0 Å². The monoisotopic (exact) mass is 674 g/mol. The van der Waals surface area contributed by atoms with E-state index < -0.39 is 42.9 Å². The number of likely N-dealkylation sites (tertiary alicyclic amines) is 1. The van der Waals surface area contributed by atoms with Crippen LogP contribution in [0.2, 0.25) is 10.0 Å². The van der Waals surface area contributed by atoms with Gasteiger partial charge in [-0.1, -0.05) is 29.3 Å².